The van der Waals surface area contributed by atoms with Crippen LogP contribution >= 0.6 is 0 Å². The zero-order valence-corrected chi connectivity index (χ0v) is 11.3. The van der Waals surface area contributed by atoms with Gasteiger partial charge < -0.3 is 16.2 Å². The van der Waals surface area contributed by atoms with Crippen LogP contribution in [0.3, 0.4) is 0 Å². The Morgan fingerprint density at radius 2 is 2.06 bits per heavy atom. The lowest BCUT2D eigenvalue weighted by molar-refractivity contribution is -0.134. The van der Waals surface area contributed by atoms with E-state index in [4.69, 9.17) is 16.2 Å². The maximum atomic E-state index is 11.5. The second kappa shape index (κ2) is 5.33. The van der Waals surface area contributed by atoms with Crippen LogP contribution in [0.5, 0.6) is 0 Å². The second-order valence-corrected chi connectivity index (χ2v) is 5.90. The molecule has 3 unspecified atom stereocenters. The van der Waals surface area contributed by atoms with E-state index < -0.39 is 0 Å². The molecule has 0 bridgehead atoms. The van der Waals surface area contributed by atoms with Crippen LogP contribution in [-0.2, 0) is 9.53 Å². The van der Waals surface area contributed by atoms with Crippen LogP contribution in [0, 0.1) is 5.41 Å². The minimum Gasteiger partial charge on any atom is -0.378 e. The highest BCUT2D eigenvalue weighted by Gasteiger charge is 2.40. The molecular weight excluding hydrogens is 218 g/mol. The average molecular weight is 243 g/mol. The Morgan fingerprint density at radius 3 is 2.47 bits per heavy atom. The van der Waals surface area contributed by atoms with Crippen molar-refractivity contribution in [1.82, 2.24) is 4.90 Å². The first-order valence-corrected chi connectivity index (χ1v) is 6.13. The number of ether oxygens (including phenoxy) is 1. The van der Waals surface area contributed by atoms with Crippen LogP contribution < -0.4 is 11.5 Å². The lowest BCUT2D eigenvalue weighted by atomic mass is 9.81. The quantitative estimate of drug-likeness (QED) is 0.727. The largest absolute Gasteiger partial charge is 0.378 e. The van der Waals surface area contributed by atoms with Gasteiger partial charge in [0.1, 0.15) is 6.04 Å². The number of carbonyl (C=O) groups is 1. The fraction of sp³-hybridized carbons (Fsp3) is 0.917. The summed E-state index contributed by atoms with van der Waals surface area (Å²) < 4.78 is 5.33. The van der Waals surface area contributed by atoms with Gasteiger partial charge in [-0.15, -0.1) is 0 Å². The molecule has 1 rings (SSSR count). The number of nitrogens with zero attached hydrogens (tertiary/aromatic N) is 1. The molecule has 0 aromatic rings. The van der Waals surface area contributed by atoms with Crippen molar-refractivity contribution in [3.05, 3.63) is 0 Å². The number of amides is 1. The summed E-state index contributed by atoms with van der Waals surface area (Å²) in [6, 6.07) is -0.266. The van der Waals surface area contributed by atoms with Gasteiger partial charge >= 0.3 is 0 Å². The van der Waals surface area contributed by atoms with Crippen molar-refractivity contribution < 1.29 is 9.53 Å². The van der Waals surface area contributed by atoms with E-state index in [1.54, 1.807) is 0 Å². The number of primary amides is 1. The Kier molecular flexibility index (Phi) is 4.52. The molecule has 0 saturated carbocycles. The minimum atomic E-state index is -0.362. The average Bonchev–Trinajstić information content (AvgIpc) is 2.15. The van der Waals surface area contributed by atoms with Gasteiger partial charge in [-0.3, -0.25) is 9.69 Å². The van der Waals surface area contributed by atoms with Crippen molar-refractivity contribution in [2.24, 2.45) is 16.9 Å². The molecule has 1 aliphatic rings. The first kappa shape index (κ1) is 14.4. The van der Waals surface area contributed by atoms with Gasteiger partial charge in [-0.25, -0.2) is 0 Å². The van der Waals surface area contributed by atoms with Crippen LogP contribution in [0.4, 0.5) is 0 Å². The molecule has 1 fully saturated rings. The van der Waals surface area contributed by atoms with Gasteiger partial charge in [0.05, 0.1) is 13.2 Å². The highest BCUT2D eigenvalue weighted by Crippen LogP contribution is 2.29. The molecule has 0 radical (unpaired) electrons. The molecule has 3 atom stereocenters. The summed E-state index contributed by atoms with van der Waals surface area (Å²) in [5, 5.41) is 0. The number of carbonyl (C=O) groups excluding carboxylic acids is 1. The molecule has 0 aromatic carbocycles. The smallest absolute Gasteiger partial charge is 0.237 e. The molecule has 1 amide bonds. The maximum Gasteiger partial charge on any atom is 0.237 e. The standard InChI is InChI=1S/C12H25N3O2/c1-8(13)10(12(2,3)4)15-5-6-17-7-9(15)11(14)16/h8-10H,5-7,13H2,1-4H3,(H2,14,16). The predicted octanol–water partition coefficient (Wildman–Crippen LogP) is -0.0656. The molecule has 1 saturated heterocycles. The first-order valence-electron chi connectivity index (χ1n) is 6.13. The molecule has 100 valence electrons. The van der Waals surface area contributed by atoms with Crippen molar-refractivity contribution in [3.63, 3.8) is 0 Å². The third-order valence-electron chi connectivity index (χ3n) is 3.24. The molecule has 0 aliphatic carbocycles. The highest BCUT2D eigenvalue weighted by molar-refractivity contribution is 5.80. The monoisotopic (exact) mass is 243 g/mol. The van der Waals surface area contributed by atoms with Gasteiger partial charge in [0, 0.05) is 18.6 Å². The van der Waals surface area contributed by atoms with Crippen molar-refractivity contribution in [2.75, 3.05) is 19.8 Å². The Hall–Kier alpha value is -0.650. The summed E-state index contributed by atoms with van der Waals surface area (Å²) in [6.45, 7) is 10.1. The SMILES string of the molecule is CC(N)C(N1CCOCC1C(N)=O)C(C)(C)C. The second-order valence-electron chi connectivity index (χ2n) is 5.90. The van der Waals surface area contributed by atoms with E-state index in [9.17, 15) is 4.79 Å². The fourth-order valence-corrected chi connectivity index (χ4v) is 2.78. The van der Waals surface area contributed by atoms with Crippen LogP contribution in [0.2, 0.25) is 0 Å². The Balaban J connectivity index is 2.94. The van der Waals surface area contributed by atoms with Crippen molar-refractivity contribution in [1.29, 1.82) is 0 Å². The topological polar surface area (TPSA) is 81.6 Å². The van der Waals surface area contributed by atoms with E-state index in [1.165, 1.54) is 0 Å². The number of hydrogen-bond donors (Lipinski definition) is 2. The molecule has 17 heavy (non-hydrogen) atoms. The van der Waals surface area contributed by atoms with E-state index in [0.717, 1.165) is 0 Å². The van der Waals surface area contributed by atoms with E-state index in [2.05, 4.69) is 25.7 Å². The van der Waals surface area contributed by atoms with Gasteiger partial charge in [-0.2, -0.15) is 0 Å². The van der Waals surface area contributed by atoms with E-state index >= 15 is 0 Å². The number of morpholine rings is 1. The van der Waals surface area contributed by atoms with Crippen LogP contribution in [-0.4, -0.2) is 48.7 Å². The third kappa shape index (κ3) is 3.40. The number of nitrogens with two attached hydrogens (primary N) is 2. The zero-order chi connectivity index (χ0) is 13.2. The molecule has 5 heteroatoms. The Morgan fingerprint density at radius 1 is 1.47 bits per heavy atom. The molecule has 0 aromatic heterocycles. The lowest BCUT2D eigenvalue weighted by Gasteiger charge is -2.47. The summed E-state index contributed by atoms with van der Waals surface area (Å²) in [5.74, 6) is -0.334. The first-order chi connectivity index (χ1) is 7.75. The summed E-state index contributed by atoms with van der Waals surface area (Å²) in [5.41, 5.74) is 11.5. The van der Waals surface area contributed by atoms with Crippen LogP contribution in [0.15, 0.2) is 0 Å². The minimum absolute atomic E-state index is 0.000787. The molecule has 1 heterocycles. The third-order valence-corrected chi connectivity index (χ3v) is 3.24. The van der Waals surface area contributed by atoms with Gasteiger partial charge in [-0.05, 0) is 12.3 Å². The fourth-order valence-electron chi connectivity index (χ4n) is 2.78. The van der Waals surface area contributed by atoms with Crippen molar-refractivity contribution >= 4 is 5.91 Å². The van der Waals surface area contributed by atoms with Crippen LogP contribution in [0.25, 0.3) is 0 Å². The maximum absolute atomic E-state index is 11.5. The van der Waals surface area contributed by atoms with E-state index in [1.807, 2.05) is 6.92 Å². The van der Waals surface area contributed by atoms with Crippen LogP contribution in [0.1, 0.15) is 27.7 Å². The summed E-state index contributed by atoms with van der Waals surface area (Å²) >= 11 is 0. The summed E-state index contributed by atoms with van der Waals surface area (Å²) in [4.78, 5) is 13.6. The number of rotatable bonds is 3. The van der Waals surface area contributed by atoms with Gasteiger partial charge in [-0.1, -0.05) is 20.8 Å². The van der Waals surface area contributed by atoms with Crippen molar-refractivity contribution in [3.8, 4) is 0 Å². The molecule has 4 N–H and O–H groups in total. The molecule has 0 spiro atoms. The summed E-state index contributed by atoms with van der Waals surface area (Å²) in [7, 11) is 0. The highest BCUT2D eigenvalue weighted by atomic mass is 16.5. The Bertz CT molecular complexity index is 273. The van der Waals surface area contributed by atoms with Crippen molar-refractivity contribution in [2.45, 2.75) is 45.8 Å². The van der Waals surface area contributed by atoms with E-state index in [0.29, 0.717) is 19.8 Å². The molecular formula is C12H25N3O2. The Labute approximate surface area is 103 Å². The normalized spacial score (nSPS) is 26.5. The lowest BCUT2D eigenvalue weighted by Crippen LogP contribution is -2.63. The van der Waals surface area contributed by atoms with Gasteiger partial charge in [0.25, 0.3) is 0 Å². The van der Waals surface area contributed by atoms with Gasteiger partial charge in [0.2, 0.25) is 5.91 Å². The summed E-state index contributed by atoms with van der Waals surface area (Å²) in [6.07, 6.45) is 0. The van der Waals surface area contributed by atoms with E-state index in [-0.39, 0.29) is 29.4 Å². The molecule has 1 aliphatic heterocycles. The van der Waals surface area contributed by atoms with Gasteiger partial charge in [0.15, 0.2) is 0 Å². The number of hydrogen-bond acceptors (Lipinski definition) is 4. The molecule has 5 nitrogen and oxygen atoms in total. The predicted molar refractivity (Wildman–Crippen MR) is 67.4 cm³/mol. The zero-order valence-electron chi connectivity index (χ0n) is 11.3.